The topological polar surface area (TPSA) is 86.8 Å². The van der Waals surface area contributed by atoms with Gasteiger partial charge in [0.2, 0.25) is 11.8 Å². The fourth-order valence-electron chi connectivity index (χ4n) is 3.74. The second-order valence-corrected chi connectivity index (χ2v) is 11.8. The van der Waals surface area contributed by atoms with Gasteiger partial charge in [0.15, 0.2) is 0 Å². The lowest BCUT2D eigenvalue weighted by molar-refractivity contribution is -0.139. The fraction of sp³-hybridized carbons (Fsp3) is 0.286. The first-order chi connectivity index (χ1) is 18.4. The fourth-order valence-corrected chi connectivity index (χ4v) is 5.63. The van der Waals surface area contributed by atoms with E-state index in [1.165, 1.54) is 59.5 Å². The zero-order valence-corrected chi connectivity index (χ0v) is 24.1. The van der Waals surface area contributed by atoms with Crippen molar-refractivity contribution in [3.8, 4) is 0 Å². The summed E-state index contributed by atoms with van der Waals surface area (Å²) in [5.41, 5.74) is 0.575. The maximum atomic E-state index is 13.9. The third-order valence-corrected chi connectivity index (χ3v) is 8.55. The van der Waals surface area contributed by atoms with Crippen LogP contribution < -0.4 is 9.62 Å². The molecular formula is C28H30Cl2FN3O4S. The van der Waals surface area contributed by atoms with Crippen LogP contribution in [-0.4, -0.2) is 43.8 Å². The van der Waals surface area contributed by atoms with Crippen LogP contribution >= 0.6 is 23.2 Å². The van der Waals surface area contributed by atoms with Gasteiger partial charge < -0.3 is 10.2 Å². The summed E-state index contributed by atoms with van der Waals surface area (Å²) in [5.74, 6) is -1.52. The molecule has 1 N–H and O–H groups in total. The van der Waals surface area contributed by atoms with Crippen molar-refractivity contribution in [1.29, 1.82) is 0 Å². The summed E-state index contributed by atoms with van der Waals surface area (Å²) in [5, 5.41) is 3.14. The molecule has 0 bridgehead atoms. The van der Waals surface area contributed by atoms with Crippen LogP contribution in [0.2, 0.25) is 10.0 Å². The Hall–Kier alpha value is -3.14. The highest BCUT2D eigenvalue weighted by Gasteiger charge is 2.33. The minimum Gasteiger partial charge on any atom is -0.352 e. The van der Waals surface area contributed by atoms with Gasteiger partial charge >= 0.3 is 0 Å². The molecule has 3 aromatic rings. The van der Waals surface area contributed by atoms with Crippen molar-refractivity contribution in [3.63, 3.8) is 0 Å². The average Bonchev–Trinajstić information content (AvgIpc) is 2.92. The van der Waals surface area contributed by atoms with E-state index < -0.39 is 40.2 Å². The lowest BCUT2D eigenvalue weighted by Gasteiger charge is -2.32. The van der Waals surface area contributed by atoms with E-state index in [4.69, 9.17) is 23.2 Å². The number of rotatable bonds is 11. The Kier molecular flexibility index (Phi) is 10.4. The summed E-state index contributed by atoms with van der Waals surface area (Å²) < 4.78 is 42.0. The van der Waals surface area contributed by atoms with E-state index in [9.17, 15) is 22.4 Å². The molecule has 0 aliphatic heterocycles. The molecule has 0 saturated heterocycles. The van der Waals surface area contributed by atoms with Crippen LogP contribution in [0.5, 0.6) is 0 Å². The summed E-state index contributed by atoms with van der Waals surface area (Å²) in [4.78, 5) is 28.1. The summed E-state index contributed by atoms with van der Waals surface area (Å²) in [6, 6.07) is 16.3. The number of benzene rings is 3. The van der Waals surface area contributed by atoms with Gasteiger partial charge in [0.05, 0.1) is 15.6 Å². The van der Waals surface area contributed by atoms with Crippen LogP contribution in [0.4, 0.5) is 10.1 Å². The van der Waals surface area contributed by atoms with Crippen LogP contribution in [0.3, 0.4) is 0 Å². The van der Waals surface area contributed by atoms with E-state index in [2.05, 4.69) is 5.32 Å². The van der Waals surface area contributed by atoms with E-state index in [0.29, 0.717) is 12.0 Å². The van der Waals surface area contributed by atoms with Gasteiger partial charge in [0, 0.05) is 17.6 Å². The SMILES string of the molecule is CC[C@H](C)NC(=O)[C@H](C)N(Cc1ccc(F)cc1)C(=O)CN(c1cc(Cl)ccc1Cl)S(=O)(=O)c1ccccc1. The van der Waals surface area contributed by atoms with E-state index in [1.807, 2.05) is 13.8 Å². The van der Waals surface area contributed by atoms with Crippen LogP contribution in [0.1, 0.15) is 32.8 Å². The predicted molar refractivity (Wildman–Crippen MR) is 152 cm³/mol. The number of hydrogen-bond acceptors (Lipinski definition) is 4. The van der Waals surface area contributed by atoms with Gasteiger partial charge in [-0.2, -0.15) is 0 Å². The third-order valence-electron chi connectivity index (χ3n) is 6.22. The Labute approximate surface area is 238 Å². The van der Waals surface area contributed by atoms with E-state index in [1.54, 1.807) is 25.1 Å². The highest BCUT2D eigenvalue weighted by atomic mass is 35.5. The third kappa shape index (κ3) is 7.71. The largest absolute Gasteiger partial charge is 0.352 e. The van der Waals surface area contributed by atoms with Crippen molar-refractivity contribution in [2.45, 2.75) is 50.7 Å². The van der Waals surface area contributed by atoms with Crippen LogP contribution in [0.25, 0.3) is 0 Å². The van der Waals surface area contributed by atoms with Gasteiger partial charge in [-0.15, -0.1) is 0 Å². The molecule has 39 heavy (non-hydrogen) atoms. The smallest absolute Gasteiger partial charge is 0.264 e. The molecule has 0 aliphatic carbocycles. The second-order valence-electron chi connectivity index (χ2n) is 9.06. The molecule has 7 nitrogen and oxygen atoms in total. The van der Waals surface area contributed by atoms with Gasteiger partial charge in [-0.05, 0) is 68.3 Å². The summed E-state index contributed by atoms with van der Waals surface area (Å²) in [6.07, 6.45) is 0.681. The highest BCUT2D eigenvalue weighted by Crippen LogP contribution is 2.33. The molecule has 2 atom stereocenters. The van der Waals surface area contributed by atoms with Crippen LogP contribution in [0, 0.1) is 5.82 Å². The number of carbonyl (C=O) groups excluding carboxylic acids is 2. The molecule has 2 amide bonds. The number of carbonyl (C=O) groups is 2. The molecule has 0 heterocycles. The van der Waals surface area contributed by atoms with Crippen molar-refractivity contribution in [2.24, 2.45) is 0 Å². The lowest BCUT2D eigenvalue weighted by atomic mass is 10.1. The first kappa shape index (κ1) is 30.4. The van der Waals surface area contributed by atoms with Crippen LogP contribution in [-0.2, 0) is 26.2 Å². The standard InChI is InChI=1S/C28H30Cl2FN3O4S/c1-4-19(2)32-28(36)20(3)33(17-21-10-13-23(31)14-11-21)27(35)18-34(26-16-22(29)12-15-25(26)30)39(37,38)24-8-6-5-7-9-24/h5-16,19-20H,4,17-18H2,1-3H3,(H,32,36)/t19-,20-/m0/s1. The van der Waals surface area contributed by atoms with Crippen molar-refractivity contribution >= 4 is 50.7 Å². The Bertz CT molecular complexity index is 1410. The Balaban J connectivity index is 2.05. The number of sulfonamides is 1. The molecule has 0 aromatic heterocycles. The molecule has 0 radical (unpaired) electrons. The minimum atomic E-state index is -4.28. The van der Waals surface area contributed by atoms with Crippen molar-refractivity contribution in [2.75, 3.05) is 10.8 Å². The summed E-state index contributed by atoms with van der Waals surface area (Å²) in [6.45, 7) is 4.59. The molecule has 0 spiro atoms. The molecular weight excluding hydrogens is 564 g/mol. The number of nitrogens with one attached hydrogen (secondary N) is 1. The quantitative estimate of drug-likeness (QED) is 0.311. The Morgan fingerprint density at radius 2 is 1.62 bits per heavy atom. The van der Waals surface area contributed by atoms with Gasteiger partial charge in [0.1, 0.15) is 18.4 Å². The number of nitrogens with zero attached hydrogens (tertiary/aromatic N) is 2. The van der Waals surface area contributed by atoms with Crippen LogP contribution in [0.15, 0.2) is 77.7 Å². The number of hydrogen-bond donors (Lipinski definition) is 1. The minimum absolute atomic E-state index is 0.0137. The first-order valence-electron chi connectivity index (χ1n) is 12.3. The molecule has 11 heteroatoms. The highest BCUT2D eigenvalue weighted by molar-refractivity contribution is 7.92. The van der Waals surface area contributed by atoms with Gasteiger partial charge in [-0.1, -0.05) is 60.5 Å². The van der Waals surface area contributed by atoms with Gasteiger partial charge in [-0.25, -0.2) is 12.8 Å². The first-order valence-corrected chi connectivity index (χ1v) is 14.5. The maximum Gasteiger partial charge on any atom is 0.264 e. The average molecular weight is 595 g/mol. The summed E-state index contributed by atoms with van der Waals surface area (Å²) in [7, 11) is -4.28. The van der Waals surface area contributed by atoms with Gasteiger partial charge in [-0.3, -0.25) is 13.9 Å². The molecule has 0 unspecified atom stereocenters. The monoisotopic (exact) mass is 593 g/mol. The van der Waals surface area contributed by atoms with E-state index >= 15 is 0 Å². The normalized spacial score (nSPS) is 12.9. The zero-order valence-electron chi connectivity index (χ0n) is 21.8. The zero-order chi connectivity index (χ0) is 28.7. The molecule has 0 aliphatic rings. The van der Waals surface area contributed by atoms with Crippen molar-refractivity contribution < 1.29 is 22.4 Å². The number of anilines is 1. The van der Waals surface area contributed by atoms with Gasteiger partial charge in [0.25, 0.3) is 10.0 Å². The molecule has 0 fully saturated rings. The summed E-state index contributed by atoms with van der Waals surface area (Å²) >= 11 is 12.6. The second kappa shape index (κ2) is 13.3. The molecule has 0 saturated carbocycles. The predicted octanol–water partition coefficient (Wildman–Crippen LogP) is 5.66. The molecule has 3 rings (SSSR count). The Morgan fingerprint density at radius 3 is 2.23 bits per heavy atom. The molecule has 3 aromatic carbocycles. The number of halogens is 3. The maximum absolute atomic E-state index is 13.9. The molecule has 208 valence electrons. The van der Waals surface area contributed by atoms with E-state index in [0.717, 1.165) is 4.31 Å². The van der Waals surface area contributed by atoms with Crippen molar-refractivity contribution in [3.05, 3.63) is 94.2 Å². The number of amides is 2. The van der Waals surface area contributed by atoms with Crippen molar-refractivity contribution in [1.82, 2.24) is 10.2 Å². The van der Waals surface area contributed by atoms with E-state index in [-0.39, 0.29) is 33.2 Å². The Morgan fingerprint density at radius 1 is 0.974 bits per heavy atom. The lowest BCUT2D eigenvalue weighted by Crippen LogP contribution is -2.52.